The molecule has 6 nitrogen and oxygen atoms in total. The maximum atomic E-state index is 10.9. The molecule has 20 heavy (non-hydrogen) atoms. The van der Waals surface area contributed by atoms with Crippen molar-refractivity contribution in [3.63, 3.8) is 0 Å². The number of hydrogen-bond acceptors (Lipinski definition) is 4. The lowest BCUT2D eigenvalue weighted by atomic mass is 10.1. The zero-order valence-corrected chi connectivity index (χ0v) is 10.3. The third-order valence-electron chi connectivity index (χ3n) is 2.33. The number of nitrogens with two attached hydrogens (primary N) is 2. The van der Waals surface area contributed by atoms with Crippen molar-refractivity contribution in [2.45, 2.75) is 0 Å². The minimum absolute atomic E-state index is 0.164. The Hall–Kier alpha value is -3.38. The molecule has 0 bridgehead atoms. The van der Waals surface area contributed by atoms with Crippen molar-refractivity contribution in [2.75, 3.05) is 0 Å². The lowest BCUT2D eigenvalue weighted by molar-refractivity contribution is -0.115. The number of benzene rings is 1. The average molecular weight is 266 g/mol. The van der Waals surface area contributed by atoms with Gasteiger partial charge in [0.15, 0.2) is 0 Å². The quantitative estimate of drug-likeness (QED) is 0.605. The van der Waals surface area contributed by atoms with E-state index in [4.69, 9.17) is 22.0 Å². The summed E-state index contributed by atoms with van der Waals surface area (Å²) in [6.07, 6.45) is 2.68. The molecule has 0 aliphatic heterocycles. The molecule has 0 aliphatic rings. The highest BCUT2D eigenvalue weighted by Crippen LogP contribution is 2.11. The maximum Gasteiger partial charge on any atom is 0.259 e. The summed E-state index contributed by atoms with van der Waals surface area (Å²) in [5.41, 5.74) is 10.9. The van der Waals surface area contributed by atoms with Crippen molar-refractivity contribution in [3.8, 4) is 12.1 Å². The van der Waals surface area contributed by atoms with E-state index in [1.807, 2.05) is 0 Å². The fourth-order valence-electron chi connectivity index (χ4n) is 1.34. The molecule has 0 radical (unpaired) electrons. The van der Waals surface area contributed by atoms with Gasteiger partial charge in [0.25, 0.3) is 11.8 Å². The molecule has 0 heterocycles. The summed E-state index contributed by atoms with van der Waals surface area (Å²) < 4.78 is 0. The van der Waals surface area contributed by atoms with Gasteiger partial charge in [0.2, 0.25) is 0 Å². The van der Waals surface area contributed by atoms with Crippen LogP contribution < -0.4 is 11.5 Å². The summed E-state index contributed by atoms with van der Waals surface area (Å²) in [5, 5.41) is 17.4. The summed E-state index contributed by atoms with van der Waals surface area (Å²) in [5.74, 6) is -1.62. The lowest BCUT2D eigenvalue weighted by Crippen LogP contribution is -2.12. The zero-order valence-electron chi connectivity index (χ0n) is 10.3. The third-order valence-corrected chi connectivity index (χ3v) is 2.33. The van der Waals surface area contributed by atoms with Crippen LogP contribution in [0.15, 0.2) is 35.4 Å². The molecule has 0 aromatic heterocycles. The first-order valence-electron chi connectivity index (χ1n) is 5.41. The van der Waals surface area contributed by atoms with E-state index in [1.165, 1.54) is 12.2 Å². The van der Waals surface area contributed by atoms with Crippen LogP contribution in [0.5, 0.6) is 0 Å². The van der Waals surface area contributed by atoms with E-state index in [0.717, 1.165) is 0 Å². The summed E-state index contributed by atoms with van der Waals surface area (Å²) >= 11 is 0. The molecule has 1 aromatic carbocycles. The number of primary amides is 2. The summed E-state index contributed by atoms with van der Waals surface area (Å²) in [6.45, 7) is 0. The Labute approximate surface area is 115 Å². The number of carbonyl (C=O) groups is 2. The number of nitriles is 2. The highest BCUT2D eigenvalue weighted by atomic mass is 16.1. The van der Waals surface area contributed by atoms with Gasteiger partial charge < -0.3 is 11.5 Å². The van der Waals surface area contributed by atoms with Crippen molar-refractivity contribution in [3.05, 3.63) is 46.5 Å². The number of rotatable bonds is 4. The van der Waals surface area contributed by atoms with Gasteiger partial charge in [0.1, 0.15) is 23.3 Å². The smallest absolute Gasteiger partial charge is 0.259 e. The standard InChI is InChI=1S/C14H10N4O2/c15-7-11(13(17)19)5-9-1-2-10(4-3-9)6-12(8-16)14(18)20/h1-6H,(H2,17,19)(H2,18,20)/b11-5-,12-6+. The average Bonchev–Trinajstić information content (AvgIpc) is 2.42. The molecule has 1 aromatic rings. The van der Waals surface area contributed by atoms with Crippen LogP contribution in [0.4, 0.5) is 0 Å². The van der Waals surface area contributed by atoms with Crippen molar-refractivity contribution in [2.24, 2.45) is 11.5 Å². The second kappa shape index (κ2) is 6.53. The number of hydrogen-bond donors (Lipinski definition) is 2. The van der Waals surface area contributed by atoms with Gasteiger partial charge in [-0.15, -0.1) is 0 Å². The van der Waals surface area contributed by atoms with Gasteiger partial charge in [-0.2, -0.15) is 10.5 Å². The first kappa shape index (κ1) is 14.7. The number of carbonyl (C=O) groups excluding carboxylic acids is 2. The van der Waals surface area contributed by atoms with Crippen molar-refractivity contribution < 1.29 is 9.59 Å². The predicted octanol–water partition coefficient (Wildman–Crippen LogP) is 0.471. The minimum Gasteiger partial charge on any atom is -0.365 e. The topological polar surface area (TPSA) is 134 Å². The molecule has 0 spiro atoms. The van der Waals surface area contributed by atoms with Crippen molar-refractivity contribution in [1.29, 1.82) is 10.5 Å². The lowest BCUT2D eigenvalue weighted by Gasteiger charge is -1.98. The second-order valence-corrected chi connectivity index (χ2v) is 3.73. The van der Waals surface area contributed by atoms with Crippen LogP contribution in [0.3, 0.4) is 0 Å². The summed E-state index contributed by atoms with van der Waals surface area (Å²) in [6, 6.07) is 9.84. The molecule has 0 saturated heterocycles. The normalized spacial score (nSPS) is 11.3. The van der Waals surface area contributed by atoms with Gasteiger partial charge in [-0.25, -0.2) is 0 Å². The van der Waals surface area contributed by atoms with Gasteiger partial charge >= 0.3 is 0 Å². The fraction of sp³-hybridized carbons (Fsp3) is 0. The molecule has 0 aliphatic carbocycles. The van der Waals surface area contributed by atoms with Crippen LogP contribution >= 0.6 is 0 Å². The first-order valence-corrected chi connectivity index (χ1v) is 5.41. The van der Waals surface area contributed by atoms with Crippen LogP contribution in [-0.2, 0) is 9.59 Å². The predicted molar refractivity (Wildman–Crippen MR) is 72.0 cm³/mol. The van der Waals surface area contributed by atoms with Crippen molar-refractivity contribution in [1.82, 2.24) is 0 Å². The third kappa shape index (κ3) is 3.83. The zero-order chi connectivity index (χ0) is 15.1. The van der Waals surface area contributed by atoms with E-state index in [1.54, 1.807) is 36.4 Å². The van der Waals surface area contributed by atoms with Crippen LogP contribution in [0.2, 0.25) is 0 Å². The Morgan fingerprint density at radius 3 is 1.35 bits per heavy atom. The van der Waals surface area contributed by atoms with Gasteiger partial charge in [-0.3, -0.25) is 9.59 Å². The van der Waals surface area contributed by atoms with Gasteiger partial charge in [0, 0.05) is 0 Å². The van der Waals surface area contributed by atoms with E-state index in [0.29, 0.717) is 11.1 Å². The Balaban J connectivity index is 3.08. The Morgan fingerprint density at radius 2 is 1.15 bits per heavy atom. The molecule has 0 atom stereocenters. The van der Waals surface area contributed by atoms with Crippen LogP contribution in [-0.4, -0.2) is 11.8 Å². The van der Waals surface area contributed by atoms with Crippen molar-refractivity contribution >= 4 is 24.0 Å². The van der Waals surface area contributed by atoms with E-state index in [-0.39, 0.29) is 11.1 Å². The van der Waals surface area contributed by atoms with E-state index >= 15 is 0 Å². The van der Waals surface area contributed by atoms with Crippen LogP contribution in [0, 0.1) is 22.7 Å². The first-order chi connectivity index (χ1) is 9.47. The molecule has 98 valence electrons. The van der Waals surface area contributed by atoms with Crippen LogP contribution in [0.1, 0.15) is 11.1 Å². The Kier molecular flexibility index (Phi) is 4.79. The minimum atomic E-state index is -0.808. The highest BCUT2D eigenvalue weighted by molar-refractivity contribution is 6.01. The fourth-order valence-corrected chi connectivity index (χ4v) is 1.34. The van der Waals surface area contributed by atoms with Gasteiger partial charge in [-0.05, 0) is 23.3 Å². The molecule has 0 unspecified atom stereocenters. The molecule has 2 amide bonds. The van der Waals surface area contributed by atoms with E-state index < -0.39 is 11.8 Å². The number of nitrogens with zero attached hydrogens (tertiary/aromatic N) is 2. The second-order valence-electron chi connectivity index (χ2n) is 3.73. The Bertz CT molecular complexity index is 624. The largest absolute Gasteiger partial charge is 0.365 e. The SMILES string of the molecule is N#C/C(=C/c1ccc(/C=C(\C#N)C(N)=O)cc1)C(N)=O. The monoisotopic (exact) mass is 266 g/mol. The van der Waals surface area contributed by atoms with E-state index in [2.05, 4.69) is 0 Å². The van der Waals surface area contributed by atoms with Gasteiger partial charge in [0.05, 0.1) is 0 Å². The highest BCUT2D eigenvalue weighted by Gasteiger charge is 2.04. The summed E-state index contributed by atoms with van der Waals surface area (Å²) in [4.78, 5) is 21.8. The molecule has 6 heteroatoms. The Morgan fingerprint density at radius 1 is 0.850 bits per heavy atom. The number of amides is 2. The van der Waals surface area contributed by atoms with Crippen LogP contribution in [0.25, 0.3) is 12.2 Å². The molecule has 1 rings (SSSR count). The molecule has 0 saturated carbocycles. The van der Waals surface area contributed by atoms with Gasteiger partial charge in [-0.1, -0.05) is 24.3 Å². The molecular weight excluding hydrogens is 256 g/mol. The maximum absolute atomic E-state index is 10.9. The molecule has 4 N–H and O–H groups in total. The summed E-state index contributed by atoms with van der Waals surface area (Å²) in [7, 11) is 0. The molecule has 0 fully saturated rings. The molecular formula is C14H10N4O2. The van der Waals surface area contributed by atoms with E-state index in [9.17, 15) is 9.59 Å².